The van der Waals surface area contributed by atoms with Crippen molar-refractivity contribution in [1.82, 2.24) is 25.4 Å². The fraction of sp³-hybridized carbons (Fsp3) is 0.562. The first-order chi connectivity index (χ1) is 11.3. The molecule has 0 saturated carbocycles. The van der Waals surface area contributed by atoms with Crippen LogP contribution in [0.5, 0.6) is 0 Å². The Hall–Kier alpha value is -1.89. The smallest absolute Gasteiger partial charge is 0.191 e. The Morgan fingerprint density at radius 3 is 3.13 bits per heavy atom. The normalized spacial score (nSPS) is 15.5. The number of aliphatic imine (C=N–C) groups is 1. The molecule has 124 valence electrons. The Balaban J connectivity index is 1.59. The molecule has 1 aliphatic rings. The molecular weight excluding hydrogens is 308 g/mol. The van der Waals surface area contributed by atoms with E-state index in [1.54, 1.807) is 11.3 Å². The van der Waals surface area contributed by atoms with E-state index in [4.69, 9.17) is 0 Å². The first-order valence-electron chi connectivity index (χ1n) is 8.24. The van der Waals surface area contributed by atoms with Gasteiger partial charge in [0, 0.05) is 36.9 Å². The van der Waals surface area contributed by atoms with Crippen molar-refractivity contribution in [3.05, 3.63) is 34.0 Å². The molecule has 0 aromatic carbocycles. The molecular formula is C16H24N6S. The Morgan fingerprint density at radius 2 is 2.35 bits per heavy atom. The van der Waals surface area contributed by atoms with E-state index in [0.29, 0.717) is 12.5 Å². The average Bonchev–Trinajstić information content (AvgIpc) is 3.27. The lowest BCUT2D eigenvalue weighted by molar-refractivity contribution is 0.678. The van der Waals surface area contributed by atoms with E-state index in [1.807, 2.05) is 0 Å². The lowest BCUT2D eigenvalue weighted by Crippen LogP contribution is -2.39. The molecule has 7 heteroatoms. The number of rotatable bonds is 6. The van der Waals surface area contributed by atoms with Gasteiger partial charge >= 0.3 is 0 Å². The quantitative estimate of drug-likeness (QED) is 0.628. The molecule has 0 radical (unpaired) electrons. The molecule has 0 spiro atoms. The van der Waals surface area contributed by atoms with E-state index in [1.165, 1.54) is 4.88 Å². The number of thiophene rings is 1. The van der Waals surface area contributed by atoms with Crippen LogP contribution in [0.15, 0.2) is 22.5 Å². The molecule has 1 aliphatic heterocycles. The third kappa shape index (κ3) is 3.90. The second-order valence-corrected chi connectivity index (χ2v) is 6.76. The van der Waals surface area contributed by atoms with Crippen molar-refractivity contribution in [2.75, 3.05) is 13.1 Å². The van der Waals surface area contributed by atoms with Crippen LogP contribution < -0.4 is 10.6 Å². The van der Waals surface area contributed by atoms with Crippen molar-refractivity contribution in [3.8, 4) is 0 Å². The molecule has 0 aliphatic carbocycles. The van der Waals surface area contributed by atoms with E-state index in [2.05, 4.69) is 61.8 Å². The van der Waals surface area contributed by atoms with E-state index in [0.717, 1.165) is 50.1 Å². The Kier molecular flexibility index (Phi) is 5.27. The number of aromatic nitrogens is 3. The van der Waals surface area contributed by atoms with Crippen LogP contribution >= 0.6 is 11.3 Å². The van der Waals surface area contributed by atoms with Crippen LogP contribution in [-0.4, -0.2) is 33.8 Å². The van der Waals surface area contributed by atoms with Gasteiger partial charge in [-0.2, -0.15) is 0 Å². The molecule has 0 amide bonds. The van der Waals surface area contributed by atoms with Crippen LogP contribution in [-0.2, 0) is 19.5 Å². The zero-order valence-electron chi connectivity index (χ0n) is 13.7. The Labute approximate surface area is 141 Å². The molecule has 1 atom stereocenters. The van der Waals surface area contributed by atoms with Crippen molar-refractivity contribution in [2.24, 2.45) is 4.99 Å². The van der Waals surface area contributed by atoms with Gasteiger partial charge in [-0.3, -0.25) is 0 Å². The summed E-state index contributed by atoms with van der Waals surface area (Å²) in [4.78, 5) is 6.05. The molecule has 0 fully saturated rings. The van der Waals surface area contributed by atoms with E-state index >= 15 is 0 Å². The number of guanidine groups is 1. The molecule has 2 aromatic rings. The van der Waals surface area contributed by atoms with Gasteiger partial charge in [0.1, 0.15) is 12.4 Å². The number of nitrogens with one attached hydrogen (secondary N) is 2. The van der Waals surface area contributed by atoms with Crippen molar-refractivity contribution < 1.29 is 0 Å². The van der Waals surface area contributed by atoms with Crippen molar-refractivity contribution >= 4 is 17.3 Å². The maximum Gasteiger partial charge on any atom is 0.191 e. The van der Waals surface area contributed by atoms with E-state index < -0.39 is 0 Å². The molecule has 3 rings (SSSR count). The van der Waals surface area contributed by atoms with Crippen LogP contribution in [0, 0.1) is 0 Å². The molecule has 23 heavy (non-hydrogen) atoms. The zero-order valence-corrected chi connectivity index (χ0v) is 14.6. The zero-order chi connectivity index (χ0) is 16.1. The monoisotopic (exact) mass is 332 g/mol. The maximum atomic E-state index is 4.66. The van der Waals surface area contributed by atoms with Gasteiger partial charge < -0.3 is 15.2 Å². The van der Waals surface area contributed by atoms with Gasteiger partial charge in [0.15, 0.2) is 11.8 Å². The van der Waals surface area contributed by atoms with E-state index in [-0.39, 0.29) is 0 Å². The summed E-state index contributed by atoms with van der Waals surface area (Å²) < 4.78 is 2.20. The second-order valence-electron chi connectivity index (χ2n) is 5.78. The molecule has 2 aromatic heterocycles. The van der Waals surface area contributed by atoms with Crippen LogP contribution in [0.25, 0.3) is 0 Å². The molecule has 0 bridgehead atoms. The van der Waals surface area contributed by atoms with Crippen LogP contribution in [0.2, 0.25) is 0 Å². The van der Waals surface area contributed by atoms with Crippen LogP contribution in [0.3, 0.4) is 0 Å². The fourth-order valence-electron chi connectivity index (χ4n) is 2.74. The second kappa shape index (κ2) is 7.59. The van der Waals surface area contributed by atoms with Gasteiger partial charge in [-0.25, -0.2) is 4.99 Å². The van der Waals surface area contributed by atoms with Crippen molar-refractivity contribution in [1.29, 1.82) is 0 Å². The third-order valence-corrected chi connectivity index (χ3v) is 5.12. The topological polar surface area (TPSA) is 67.1 Å². The molecule has 1 unspecified atom stereocenters. The summed E-state index contributed by atoms with van der Waals surface area (Å²) in [6.07, 6.45) is 2.20. The van der Waals surface area contributed by atoms with Gasteiger partial charge in [-0.15, -0.1) is 21.5 Å². The standard InChI is InChI=1S/C16H24N6S/c1-3-17-16(18-10-12(2)13-6-5-9-23-13)19-11-15-21-20-14-7-4-8-22(14)15/h5-6,9,12H,3-4,7-8,10-11H2,1-2H3,(H2,17,18,19). The molecule has 3 heterocycles. The summed E-state index contributed by atoms with van der Waals surface area (Å²) in [7, 11) is 0. The lowest BCUT2D eigenvalue weighted by Gasteiger charge is -2.15. The third-order valence-electron chi connectivity index (χ3n) is 4.01. The average molecular weight is 332 g/mol. The van der Waals surface area contributed by atoms with Crippen molar-refractivity contribution in [3.63, 3.8) is 0 Å². The number of fused-ring (bicyclic) bond motifs is 1. The van der Waals surface area contributed by atoms with Crippen LogP contribution in [0.1, 0.15) is 42.7 Å². The highest BCUT2D eigenvalue weighted by Gasteiger charge is 2.16. The lowest BCUT2D eigenvalue weighted by atomic mass is 10.1. The van der Waals surface area contributed by atoms with E-state index in [9.17, 15) is 0 Å². The van der Waals surface area contributed by atoms with Gasteiger partial charge in [-0.05, 0) is 24.8 Å². The highest BCUT2D eigenvalue weighted by Crippen LogP contribution is 2.19. The summed E-state index contributed by atoms with van der Waals surface area (Å²) in [6.45, 7) is 7.60. The minimum atomic E-state index is 0.469. The predicted molar refractivity (Wildman–Crippen MR) is 93.9 cm³/mol. The number of hydrogen-bond donors (Lipinski definition) is 2. The summed E-state index contributed by atoms with van der Waals surface area (Å²) in [5.41, 5.74) is 0. The number of aryl methyl sites for hydroxylation is 1. The Morgan fingerprint density at radius 1 is 1.43 bits per heavy atom. The summed E-state index contributed by atoms with van der Waals surface area (Å²) in [5.74, 6) is 3.36. The fourth-order valence-corrected chi connectivity index (χ4v) is 3.53. The minimum absolute atomic E-state index is 0.469. The largest absolute Gasteiger partial charge is 0.357 e. The predicted octanol–water partition coefficient (Wildman–Crippen LogP) is 2.14. The summed E-state index contributed by atoms with van der Waals surface area (Å²) in [6, 6.07) is 4.28. The molecule has 0 saturated heterocycles. The Bertz CT molecular complexity index is 646. The minimum Gasteiger partial charge on any atom is -0.357 e. The number of hydrogen-bond acceptors (Lipinski definition) is 4. The highest BCUT2D eigenvalue weighted by atomic mass is 32.1. The molecule has 2 N–H and O–H groups in total. The van der Waals surface area contributed by atoms with Gasteiger partial charge in [0.25, 0.3) is 0 Å². The maximum absolute atomic E-state index is 4.66. The van der Waals surface area contributed by atoms with Gasteiger partial charge in [0.2, 0.25) is 0 Å². The first kappa shape index (κ1) is 16.0. The van der Waals surface area contributed by atoms with Crippen molar-refractivity contribution in [2.45, 2.75) is 45.7 Å². The number of nitrogens with zero attached hydrogens (tertiary/aromatic N) is 4. The van der Waals surface area contributed by atoms with Crippen LogP contribution in [0.4, 0.5) is 0 Å². The van der Waals surface area contributed by atoms with Gasteiger partial charge in [0.05, 0.1) is 0 Å². The molecule has 6 nitrogen and oxygen atoms in total. The van der Waals surface area contributed by atoms with Gasteiger partial charge in [-0.1, -0.05) is 13.0 Å². The summed E-state index contributed by atoms with van der Waals surface area (Å²) >= 11 is 1.80. The first-order valence-corrected chi connectivity index (χ1v) is 9.12. The SMILES string of the molecule is CCNC(=NCc1nnc2n1CCC2)NCC(C)c1cccs1. The summed E-state index contributed by atoms with van der Waals surface area (Å²) in [5, 5.41) is 17.3. The highest BCUT2D eigenvalue weighted by molar-refractivity contribution is 7.10.